The second-order valence-electron chi connectivity index (χ2n) is 2.49. The number of carboxylic acids is 1. The van der Waals surface area contributed by atoms with Gasteiger partial charge in [-0.15, -0.1) is 0 Å². The van der Waals surface area contributed by atoms with Gasteiger partial charge in [0.2, 0.25) is 0 Å². The molecule has 1 aromatic rings. The van der Waals surface area contributed by atoms with Crippen molar-refractivity contribution in [3.05, 3.63) is 23.5 Å². The number of hydrogen-bond acceptors (Lipinski definition) is 3. The van der Waals surface area contributed by atoms with Crippen molar-refractivity contribution in [2.24, 2.45) is 0 Å². The molecule has 0 heterocycles. The van der Waals surface area contributed by atoms with E-state index < -0.39 is 11.8 Å². The van der Waals surface area contributed by atoms with Crippen molar-refractivity contribution in [3.8, 4) is 11.5 Å². The third-order valence-electron chi connectivity index (χ3n) is 1.70. The Hall–Kier alpha value is -1.78. The van der Waals surface area contributed by atoms with Crippen molar-refractivity contribution in [2.45, 2.75) is 21.3 Å². The second-order valence-corrected chi connectivity index (χ2v) is 2.49. The zero-order valence-corrected chi connectivity index (χ0v) is 9.70. The van der Waals surface area contributed by atoms with Crippen LogP contribution in [0, 0.1) is 5.82 Å². The standard InChI is InChI=1S/C9H9FO4.C2H6.CH4/c1-13-7-4-8(14-2)6(10)3-5(7)9(11)12;1-2;/h3-4H,1-2H3,(H,11,12);1-2H3;1H4. The van der Waals surface area contributed by atoms with E-state index in [4.69, 9.17) is 9.84 Å². The van der Waals surface area contributed by atoms with E-state index >= 15 is 0 Å². The maximum absolute atomic E-state index is 13.1. The van der Waals surface area contributed by atoms with E-state index in [0.29, 0.717) is 0 Å². The Morgan fingerprint density at radius 2 is 1.65 bits per heavy atom. The Labute approximate surface area is 101 Å². The van der Waals surface area contributed by atoms with Crippen LogP contribution in [0.2, 0.25) is 0 Å². The molecule has 0 spiro atoms. The smallest absolute Gasteiger partial charge is 0.339 e. The normalized spacial score (nSPS) is 8.29. The van der Waals surface area contributed by atoms with Crippen LogP contribution >= 0.6 is 0 Å². The first kappa shape index (κ1) is 17.6. The highest BCUT2D eigenvalue weighted by Gasteiger charge is 2.15. The molecule has 5 heteroatoms. The number of benzene rings is 1. The molecule has 0 fully saturated rings. The van der Waals surface area contributed by atoms with Crippen LogP contribution < -0.4 is 9.47 Å². The lowest BCUT2D eigenvalue weighted by molar-refractivity contribution is 0.0692. The lowest BCUT2D eigenvalue weighted by Gasteiger charge is -2.07. The van der Waals surface area contributed by atoms with Gasteiger partial charge in [0.05, 0.1) is 14.2 Å². The number of rotatable bonds is 3. The van der Waals surface area contributed by atoms with Gasteiger partial charge in [-0.1, -0.05) is 21.3 Å². The molecule has 0 aliphatic rings. The molecule has 4 nitrogen and oxygen atoms in total. The quantitative estimate of drug-likeness (QED) is 0.889. The van der Waals surface area contributed by atoms with Gasteiger partial charge in [-0.25, -0.2) is 9.18 Å². The molecule has 0 unspecified atom stereocenters. The summed E-state index contributed by atoms with van der Waals surface area (Å²) in [6, 6.07) is 2.05. The van der Waals surface area contributed by atoms with Gasteiger partial charge in [0.15, 0.2) is 11.6 Å². The molecule has 17 heavy (non-hydrogen) atoms. The van der Waals surface area contributed by atoms with Gasteiger partial charge in [0, 0.05) is 6.07 Å². The second kappa shape index (κ2) is 8.38. The van der Waals surface area contributed by atoms with Crippen LogP contribution in [0.5, 0.6) is 11.5 Å². The fourth-order valence-corrected chi connectivity index (χ4v) is 1.03. The van der Waals surface area contributed by atoms with Crippen molar-refractivity contribution < 1.29 is 23.8 Å². The molecule has 0 saturated carbocycles. The summed E-state index contributed by atoms with van der Waals surface area (Å²) in [6.07, 6.45) is 0. The maximum Gasteiger partial charge on any atom is 0.339 e. The van der Waals surface area contributed by atoms with Crippen LogP contribution in [-0.4, -0.2) is 25.3 Å². The molecule has 1 N–H and O–H groups in total. The summed E-state index contributed by atoms with van der Waals surface area (Å²) in [5, 5.41) is 8.70. The molecule has 0 amide bonds. The number of methoxy groups -OCH3 is 2. The van der Waals surface area contributed by atoms with Crippen LogP contribution in [-0.2, 0) is 0 Å². The first-order valence-corrected chi connectivity index (χ1v) is 4.75. The van der Waals surface area contributed by atoms with Crippen molar-refractivity contribution in [1.82, 2.24) is 0 Å². The van der Waals surface area contributed by atoms with E-state index in [9.17, 15) is 9.18 Å². The topological polar surface area (TPSA) is 55.8 Å². The Balaban J connectivity index is 0. The molecule has 1 rings (SSSR count). The van der Waals surface area contributed by atoms with Crippen molar-refractivity contribution in [3.63, 3.8) is 0 Å². The third-order valence-corrected chi connectivity index (χ3v) is 1.70. The predicted molar refractivity (Wildman–Crippen MR) is 64.5 cm³/mol. The van der Waals surface area contributed by atoms with Crippen LogP contribution in [0.1, 0.15) is 31.6 Å². The predicted octanol–water partition coefficient (Wildman–Crippen LogP) is 3.20. The van der Waals surface area contributed by atoms with Gasteiger partial charge in [-0.2, -0.15) is 0 Å². The average Bonchev–Trinajstić information content (AvgIpc) is 2.31. The molecule has 98 valence electrons. The molecule has 0 bridgehead atoms. The molecule has 1 aromatic carbocycles. The largest absolute Gasteiger partial charge is 0.496 e. The summed E-state index contributed by atoms with van der Waals surface area (Å²) in [7, 11) is 2.59. The molecule has 0 saturated heterocycles. The fraction of sp³-hybridized carbons (Fsp3) is 0.417. The van der Waals surface area contributed by atoms with E-state index in [1.54, 1.807) is 0 Å². The van der Waals surface area contributed by atoms with Gasteiger partial charge in [0.25, 0.3) is 0 Å². The molecular weight excluding hydrogens is 227 g/mol. The minimum atomic E-state index is -1.25. The van der Waals surface area contributed by atoms with E-state index in [0.717, 1.165) is 6.07 Å². The summed E-state index contributed by atoms with van der Waals surface area (Å²) in [5.74, 6) is -1.96. The number of halogens is 1. The Morgan fingerprint density at radius 1 is 1.18 bits per heavy atom. The molecule has 0 aliphatic heterocycles. The summed E-state index contributed by atoms with van der Waals surface area (Å²) >= 11 is 0. The van der Waals surface area contributed by atoms with Crippen LogP contribution in [0.3, 0.4) is 0 Å². The number of ether oxygens (including phenoxy) is 2. The Morgan fingerprint density at radius 3 is 2.00 bits per heavy atom. The summed E-state index contributed by atoms with van der Waals surface area (Å²) in [4.78, 5) is 10.6. The van der Waals surface area contributed by atoms with Crippen LogP contribution in [0.25, 0.3) is 0 Å². The van der Waals surface area contributed by atoms with E-state index in [-0.39, 0.29) is 24.5 Å². The summed E-state index contributed by atoms with van der Waals surface area (Å²) in [5.41, 5.74) is -0.231. The first-order valence-electron chi connectivity index (χ1n) is 4.75. The highest BCUT2D eigenvalue weighted by atomic mass is 19.1. The van der Waals surface area contributed by atoms with Crippen molar-refractivity contribution in [2.75, 3.05) is 14.2 Å². The Kier molecular flexibility index (Phi) is 8.68. The van der Waals surface area contributed by atoms with Crippen LogP contribution in [0.4, 0.5) is 4.39 Å². The zero-order chi connectivity index (χ0) is 12.7. The van der Waals surface area contributed by atoms with Gasteiger partial charge in [0.1, 0.15) is 11.3 Å². The highest BCUT2D eigenvalue weighted by molar-refractivity contribution is 5.91. The zero-order valence-electron chi connectivity index (χ0n) is 9.70. The van der Waals surface area contributed by atoms with Crippen molar-refractivity contribution in [1.29, 1.82) is 0 Å². The molecule has 0 radical (unpaired) electrons. The first-order chi connectivity index (χ1) is 7.60. The van der Waals surface area contributed by atoms with Gasteiger partial charge < -0.3 is 14.6 Å². The lowest BCUT2D eigenvalue weighted by Crippen LogP contribution is -2.02. The minimum absolute atomic E-state index is 0. The monoisotopic (exact) mass is 246 g/mol. The molecule has 0 aliphatic carbocycles. The average molecular weight is 246 g/mol. The highest BCUT2D eigenvalue weighted by Crippen LogP contribution is 2.27. The molecular formula is C12H19FO4. The van der Waals surface area contributed by atoms with Crippen LogP contribution in [0.15, 0.2) is 12.1 Å². The molecule has 0 aromatic heterocycles. The van der Waals surface area contributed by atoms with E-state index in [1.165, 1.54) is 20.3 Å². The lowest BCUT2D eigenvalue weighted by atomic mass is 10.2. The Bertz CT molecular complexity index is 364. The van der Waals surface area contributed by atoms with E-state index in [2.05, 4.69) is 4.74 Å². The maximum atomic E-state index is 13.1. The van der Waals surface area contributed by atoms with Crippen molar-refractivity contribution >= 4 is 5.97 Å². The van der Waals surface area contributed by atoms with Gasteiger partial charge >= 0.3 is 5.97 Å². The minimum Gasteiger partial charge on any atom is -0.496 e. The number of aromatic carboxylic acids is 1. The SMILES string of the molecule is C.CC.COc1cc(OC)c(C(=O)O)cc1F. The number of carbonyl (C=O) groups is 1. The summed E-state index contributed by atoms with van der Waals surface area (Å²) < 4.78 is 22.5. The number of hydrogen-bond donors (Lipinski definition) is 1. The fourth-order valence-electron chi connectivity index (χ4n) is 1.03. The number of carboxylic acid groups (broad SMARTS) is 1. The third kappa shape index (κ3) is 4.30. The van der Waals surface area contributed by atoms with Gasteiger partial charge in [-0.05, 0) is 6.07 Å². The summed E-state index contributed by atoms with van der Waals surface area (Å²) in [6.45, 7) is 4.00. The van der Waals surface area contributed by atoms with Gasteiger partial charge in [-0.3, -0.25) is 0 Å². The van der Waals surface area contributed by atoms with E-state index in [1.807, 2.05) is 13.8 Å². The molecule has 0 atom stereocenters.